The maximum atomic E-state index is 12.8. The van der Waals surface area contributed by atoms with Gasteiger partial charge in [0.1, 0.15) is 17.0 Å². The number of hydrogen-bond donors (Lipinski definition) is 2. The van der Waals surface area contributed by atoms with Crippen LogP contribution in [0.25, 0.3) is 10.2 Å². The summed E-state index contributed by atoms with van der Waals surface area (Å²) in [6.07, 6.45) is 5.96. The van der Waals surface area contributed by atoms with Gasteiger partial charge in [-0.1, -0.05) is 43.3 Å². The number of carbonyl (C=O) groups is 1. The quantitative estimate of drug-likeness (QED) is 0.470. The Morgan fingerprint density at radius 1 is 1.33 bits per heavy atom. The first kappa shape index (κ1) is 23.4. The molecule has 0 unspecified atom stereocenters. The molecule has 174 valence electrons. The van der Waals surface area contributed by atoms with Crippen LogP contribution in [0.3, 0.4) is 0 Å². The van der Waals surface area contributed by atoms with E-state index in [0.717, 1.165) is 29.0 Å². The molecule has 3 aromatic rings. The molecule has 1 aliphatic rings. The molecule has 0 radical (unpaired) electrons. The summed E-state index contributed by atoms with van der Waals surface area (Å²) in [6.45, 7) is 7.70. The van der Waals surface area contributed by atoms with Gasteiger partial charge in [0.05, 0.1) is 18.5 Å². The summed E-state index contributed by atoms with van der Waals surface area (Å²) in [5.74, 6) is 0.886. The van der Waals surface area contributed by atoms with Crippen LogP contribution in [-0.2, 0) is 17.8 Å². The normalized spacial score (nSPS) is 14.7. The number of thiophene rings is 1. The highest BCUT2D eigenvalue weighted by molar-refractivity contribution is 7.19. The van der Waals surface area contributed by atoms with Gasteiger partial charge >= 0.3 is 0 Å². The van der Waals surface area contributed by atoms with Crippen LogP contribution in [-0.4, -0.2) is 63.6 Å². The van der Waals surface area contributed by atoms with Crippen molar-refractivity contribution in [1.82, 2.24) is 19.8 Å². The van der Waals surface area contributed by atoms with Gasteiger partial charge in [-0.3, -0.25) is 9.69 Å². The highest BCUT2D eigenvalue weighted by atomic mass is 32.1. The minimum absolute atomic E-state index is 0.0280. The van der Waals surface area contributed by atoms with E-state index in [1.165, 1.54) is 16.0 Å². The number of nitrogens with zero attached hydrogens (tertiary/aromatic N) is 4. The largest absolute Gasteiger partial charge is 0.395 e. The zero-order valence-electron chi connectivity index (χ0n) is 19.2. The molecule has 0 aliphatic carbocycles. The lowest BCUT2D eigenvalue weighted by molar-refractivity contribution is -0.126. The molecule has 3 heterocycles. The van der Waals surface area contributed by atoms with Crippen LogP contribution in [0.2, 0.25) is 0 Å². The van der Waals surface area contributed by atoms with E-state index in [1.807, 2.05) is 36.1 Å². The van der Waals surface area contributed by atoms with Crippen LogP contribution in [0.1, 0.15) is 35.9 Å². The highest BCUT2D eigenvalue weighted by Crippen LogP contribution is 2.38. The zero-order valence-corrected chi connectivity index (χ0v) is 20.0. The molecular formula is C25H31N5O2S. The van der Waals surface area contributed by atoms with Gasteiger partial charge < -0.3 is 15.3 Å². The van der Waals surface area contributed by atoms with Gasteiger partial charge in [-0.2, -0.15) is 0 Å². The number of nitrogens with one attached hydrogen (secondary N) is 1. The van der Waals surface area contributed by atoms with Crippen LogP contribution in [0.4, 0.5) is 5.82 Å². The average Bonchev–Trinajstić information content (AvgIpc) is 3.22. The molecule has 1 amide bonds. The molecule has 0 spiro atoms. The summed E-state index contributed by atoms with van der Waals surface area (Å²) < 4.78 is 0. The fraction of sp³-hybridized carbons (Fsp3) is 0.400. The second kappa shape index (κ2) is 10.9. The van der Waals surface area contributed by atoms with E-state index in [1.54, 1.807) is 23.7 Å². The summed E-state index contributed by atoms with van der Waals surface area (Å²) in [5, 5.41) is 13.8. The molecule has 33 heavy (non-hydrogen) atoms. The Balaban J connectivity index is 1.48. The molecule has 7 nitrogen and oxygen atoms in total. The number of aliphatic hydroxyl groups is 1. The van der Waals surface area contributed by atoms with Gasteiger partial charge in [-0.15, -0.1) is 11.3 Å². The Hall–Kier alpha value is -2.81. The van der Waals surface area contributed by atoms with Crippen molar-refractivity contribution >= 4 is 33.3 Å². The fourth-order valence-corrected chi connectivity index (χ4v) is 5.39. The number of carbonyl (C=O) groups excluding carboxylic acids is 1. The number of likely N-dealkylation sites (N-methyl/N-ethyl adjacent to an activating group) is 1. The number of amides is 1. The molecule has 0 saturated carbocycles. The maximum absolute atomic E-state index is 12.8. The summed E-state index contributed by atoms with van der Waals surface area (Å²) >= 11 is 1.65. The third kappa shape index (κ3) is 5.40. The van der Waals surface area contributed by atoms with Crippen molar-refractivity contribution in [2.75, 3.05) is 38.1 Å². The Bertz CT molecular complexity index is 1110. The number of anilines is 1. The molecule has 2 aromatic heterocycles. The highest BCUT2D eigenvalue weighted by Gasteiger charge is 2.26. The summed E-state index contributed by atoms with van der Waals surface area (Å²) in [6, 6.07) is 10.5. The number of fused-ring (bicyclic) bond motifs is 3. The van der Waals surface area contributed by atoms with Crippen LogP contribution in [0.5, 0.6) is 0 Å². The van der Waals surface area contributed by atoms with E-state index in [-0.39, 0.29) is 18.6 Å². The van der Waals surface area contributed by atoms with Crippen LogP contribution in [0, 0.1) is 0 Å². The van der Waals surface area contributed by atoms with E-state index in [2.05, 4.69) is 39.2 Å². The SMILES string of the molecule is CCN(CC=CC(=O)N1CCc2c(sc3ncnc(N[C@H](C)c4ccccc4)c23)C1)CCO. The maximum Gasteiger partial charge on any atom is 0.246 e. The second-order valence-corrected chi connectivity index (χ2v) is 9.30. The van der Waals surface area contributed by atoms with E-state index in [0.29, 0.717) is 26.2 Å². The van der Waals surface area contributed by atoms with Gasteiger partial charge in [-0.05, 0) is 31.0 Å². The molecule has 1 atom stereocenters. The zero-order chi connectivity index (χ0) is 23.2. The van der Waals surface area contributed by atoms with Crippen molar-refractivity contribution in [2.24, 2.45) is 0 Å². The molecule has 0 saturated heterocycles. The smallest absolute Gasteiger partial charge is 0.246 e. The Kier molecular flexibility index (Phi) is 7.69. The van der Waals surface area contributed by atoms with Crippen molar-refractivity contribution in [3.8, 4) is 0 Å². The van der Waals surface area contributed by atoms with Crippen molar-refractivity contribution in [3.63, 3.8) is 0 Å². The van der Waals surface area contributed by atoms with E-state index in [9.17, 15) is 4.79 Å². The lowest BCUT2D eigenvalue weighted by Gasteiger charge is -2.26. The van der Waals surface area contributed by atoms with Gasteiger partial charge in [-0.25, -0.2) is 9.97 Å². The predicted molar refractivity (Wildman–Crippen MR) is 133 cm³/mol. The van der Waals surface area contributed by atoms with Gasteiger partial charge in [0, 0.05) is 36.6 Å². The fourth-order valence-electron chi connectivity index (χ4n) is 4.18. The van der Waals surface area contributed by atoms with Crippen LogP contribution >= 0.6 is 11.3 Å². The monoisotopic (exact) mass is 465 g/mol. The van der Waals surface area contributed by atoms with Gasteiger partial charge in [0.15, 0.2) is 0 Å². The Morgan fingerprint density at radius 2 is 2.15 bits per heavy atom. The lowest BCUT2D eigenvalue weighted by atomic mass is 10.0. The van der Waals surface area contributed by atoms with Crippen molar-refractivity contribution < 1.29 is 9.90 Å². The summed E-state index contributed by atoms with van der Waals surface area (Å²) in [5.41, 5.74) is 2.46. The summed E-state index contributed by atoms with van der Waals surface area (Å²) in [4.78, 5) is 28.0. The van der Waals surface area contributed by atoms with Gasteiger partial charge in [0.2, 0.25) is 5.91 Å². The second-order valence-electron chi connectivity index (χ2n) is 8.21. The molecule has 8 heteroatoms. The summed E-state index contributed by atoms with van der Waals surface area (Å²) in [7, 11) is 0. The molecule has 1 aromatic carbocycles. The molecular weight excluding hydrogens is 434 g/mol. The van der Waals surface area contributed by atoms with E-state index in [4.69, 9.17) is 5.11 Å². The topological polar surface area (TPSA) is 81.6 Å². The van der Waals surface area contributed by atoms with Crippen molar-refractivity contribution in [3.05, 3.63) is 64.8 Å². The minimum Gasteiger partial charge on any atom is -0.395 e. The third-order valence-corrected chi connectivity index (χ3v) is 7.21. The van der Waals surface area contributed by atoms with Crippen molar-refractivity contribution in [2.45, 2.75) is 32.9 Å². The van der Waals surface area contributed by atoms with E-state index < -0.39 is 0 Å². The predicted octanol–water partition coefficient (Wildman–Crippen LogP) is 3.62. The van der Waals surface area contributed by atoms with E-state index >= 15 is 0 Å². The number of hydrogen-bond acceptors (Lipinski definition) is 7. The van der Waals surface area contributed by atoms with Crippen LogP contribution < -0.4 is 5.32 Å². The Morgan fingerprint density at radius 3 is 2.91 bits per heavy atom. The molecule has 1 aliphatic heterocycles. The average molecular weight is 466 g/mol. The first-order chi connectivity index (χ1) is 16.1. The standard InChI is InChI=1S/C25H31N5O2S/c1-3-29(14-15-31)12-7-10-22(32)30-13-11-20-21(16-30)33-25-23(20)24(26-17-27-25)28-18(2)19-8-5-4-6-9-19/h4-10,17-18,31H,3,11-16H2,1-2H3,(H,26,27,28)/t18-/m1/s1. The molecule has 0 bridgehead atoms. The lowest BCUT2D eigenvalue weighted by Crippen LogP contribution is -2.34. The van der Waals surface area contributed by atoms with Crippen molar-refractivity contribution in [1.29, 1.82) is 0 Å². The molecule has 2 N–H and O–H groups in total. The third-order valence-electron chi connectivity index (χ3n) is 6.09. The number of rotatable bonds is 9. The molecule has 0 fully saturated rings. The number of aromatic nitrogens is 2. The molecule has 4 rings (SSSR count). The van der Waals surface area contributed by atoms with Gasteiger partial charge in [0.25, 0.3) is 0 Å². The minimum atomic E-state index is 0.0280. The van der Waals surface area contributed by atoms with Crippen LogP contribution in [0.15, 0.2) is 48.8 Å². The number of benzene rings is 1. The first-order valence-corrected chi connectivity index (χ1v) is 12.3. The Labute approximate surface area is 198 Å². The number of aliphatic hydroxyl groups excluding tert-OH is 1. The first-order valence-electron chi connectivity index (χ1n) is 11.5.